The first-order valence-corrected chi connectivity index (χ1v) is 29.3. The van der Waals surface area contributed by atoms with E-state index < -0.39 is 184 Å². The van der Waals surface area contributed by atoms with Gasteiger partial charge in [0.1, 0.15) is 79.4 Å². The molecule has 6 heterocycles. The molecule has 0 aromatic rings. The lowest BCUT2D eigenvalue weighted by atomic mass is 9.47. The second-order valence-electron chi connectivity index (χ2n) is 26.4. The lowest BCUT2D eigenvalue weighted by Crippen LogP contribution is -2.66. The molecule has 5 unspecified atom stereocenters. The van der Waals surface area contributed by atoms with Gasteiger partial charge in [-0.1, -0.05) is 32.4 Å². The van der Waals surface area contributed by atoms with Crippen molar-refractivity contribution in [1.82, 2.24) is 0 Å². The largest absolute Gasteiger partial charge is 0.481 e. The first-order chi connectivity index (χ1) is 38.6. The van der Waals surface area contributed by atoms with Gasteiger partial charge >= 0.3 is 11.9 Å². The number of hydrogen-bond acceptors (Lipinski definition) is 25. The highest BCUT2D eigenvalue weighted by Crippen LogP contribution is 2.71. The summed E-state index contributed by atoms with van der Waals surface area (Å²) in [5.41, 5.74) is -1.73. The molecule has 26 heteroatoms. The van der Waals surface area contributed by atoms with Crippen LogP contribution in [0, 0.1) is 40.4 Å². The van der Waals surface area contributed by atoms with Crippen molar-refractivity contribution in [2.45, 2.75) is 258 Å². The molecule has 6 aliphatic heterocycles. The van der Waals surface area contributed by atoms with Crippen LogP contribution in [0.3, 0.4) is 0 Å². The average molecular weight is 1180 g/mol. The van der Waals surface area contributed by atoms with E-state index in [9.17, 15) is 70.9 Å². The van der Waals surface area contributed by atoms with E-state index in [-0.39, 0.29) is 35.4 Å². The second-order valence-corrected chi connectivity index (χ2v) is 26.4. The summed E-state index contributed by atoms with van der Waals surface area (Å²) < 4.78 is 67.6. The summed E-state index contributed by atoms with van der Waals surface area (Å²) in [5, 5.41) is 138. The van der Waals surface area contributed by atoms with Crippen molar-refractivity contribution in [3.05, 3.63) is 11.6 Å². The standard InChI is InChI=1S/C56H88O26/c1-23-36-30(81-56(23)14-13-53(4,82-56)22-73-49-43(68)41(66)38(63)31(19-57)77-49)16-29-27-8-7-25-15-26(9-11-54(25,5)28(27)10-12-55(29,36)6)75-51-47(80-50-44(69)40(65)37(62)24(2)74-50)45(70)46(32(20-58)78-51)79-48-42(67)39(64)33(21-72-48)76-35(61)18-52(3,71)17-34(59)60/h7,23-24,26-33,36-51,57-58,62-71H,8-22H2,1-6H3,(H,59,60)/t23-,24-,26-,27?,28?,29?,30-,31+,32+,33+,36?,37-,38+,39-,40+,41-,42+,43+,44+,45-,46+,47+,48-,49+,50-,51+,52?,53+,54-,55-,56-/m0/s1. The lowest BCUT2D eigenvalue weighted by Gasteiger charge is -2.58. The number of aliphatic carboxylic acids is 1. The number of aliphatic hydroxyl groups is 12. The monoisotopic (exact) mass is 1180 g/mol. The van der Waals surface area contributed by atoms with Crippen LogP contribution >= 0.6 is 0 Å². The predicted molar refractivity (Wildman–Crippen MR) is 274 cm³/mol. The van der Waals surface area contributed by atoms with Gasteiger partial charge in [0.05, 0.1) is 68.8 Å². The van der Waals surface area contributed by atoms with Crippen LogP contribution in [0.15, 0.2) is 11.6 Å². The Bertz CT molecular complexity index is 2290. The topological polar surface area (TPSA) is 399 Å². The van der Waals surface area contributed by atoms with Gasteiger partial charge in [0.2, 0.25) is 0 Å². The summed E-state index contributed by atoms with van der Waals surface area (Å²) in [5.74, 6) is -1.84. The Morgan fingerprint density at radius 3 is 2.09 bits per heavy atom. The van der Waals surface area contributed by atoms with E-state index in [0.29, 0.717) is 43.4 Å². The van der Waals surface area contributed by atoms with Gasteiger partial charge in [-0.15, -0.1) is 0 Å². The Morgan fingerprint density at radius 1 is 0.707 bits per heavy atom. The lowest BCUT2D eigenvalue weighted by molar-refractivity contribution is -0.386. The average Bonchev–Trinajstić information content (AvgIpc) is 3.69. The number of carbonyl (C=O) groups is 2. The summed E-state index contributed by atoms with van der Waals surface area (Å²) in [4.78, 5) is 23.8. The fourth-order valence-corrected chi connectivity index (χ4v) is 16.3. The molecular weight excluding hydrogens is 1090 g/mol. The van der Waals surface area contributed by atoms with Crippen LogP contribution in [0.2, 0.25) is 0 Å². The number of carboxylic acids is 1. The number of carbonyl (C=O) groups excluding carboxylic acids is 1. The molecule has 10 aliphatic rings. The van der Waals surface area contributed by atoms with Crippen LogP contribution in [0.1, 0.15) is 112 Å². The van der Waals surface area contributed by atoms with Crippen molar-refractivity contribution >= 4 is 11.9 Å². The quantitative estimate of drug-likeness (QED) is 0.0585. The normalized spacial score (nSPS) is 52.7. The van der Waals surface area contributed by atoms with Crippen molar-refractivity contribution in [2.75, 3.05) is 26.4 Å². The van der Waals surface area contributed by atoms with E-state index >= 15 is 0 Å². The summed E-state index contributed by atoms with van der Waals surface area (Å²) in [6.07, 6.45) is -22.2. The van der Waals surface area contributed by atoms with Gasteiger partial charge in [0, 0.05) is 12.3 Å². The van der Waals surface area contributed by atoms with E-state index in [1.807, 2.05) is 6.92 Å². The fraction of sp³-hybridized carbons (Fsp3) is 0.929. The molecule has 0 bridgehead atoms. The number of carboxylic acid groups (broad SMARTS) is 1. The molecule has 31 atom stereocenters. The maximum atomic E-state index is 12.6. The molecule has 6 saturated heterocycles. The summed E-state index contributed by atoms with van der Waals surface area (Å²) in [6, 6.07) is 0. The molecule has 4 aliphatic carbocycles. The molecular formula is C56H88O26. The molecule has 26 nitrogen and oxygen atoms in total. The molecule has 82 heavy (non-hydrogen) atoms. The Kier molecular flexibility index (Phi) is 18.2. The van der Waals surface area contributed by atoms with Gasteiger partial charge in [-0.05, 0) is 107 Å². The highest BCUT2D eigenvalue weighted by atomic mass is 16.8. The minimum absolute atomic E-state index is 0.0226. The van der Waals surface area contributed by atoms with Crippen LogP contribution in [0.4, 0.5) is 0 Å². The van der Waals surface area contributed by atoms with Crippen LogP contribution in [0.5, 0.6) is 0 Å². The van der Waals surface area contributed by atoms with Crippen LogP contribution in [0.25, 0.3) is 0 Å². The molecule has 468 valence electrons. The molecule has 3 saturated carbocycles. The third kappa shape index (κ3) is 11.5. The van der Waals surface area contributed by atoms with Crippen LogP contribution in [-0.4, -0.2) is 251 Å². The Balaban J connectivity index is 0.792. The van der Waals surface area contributed by atoms with Gasteiger partial charge in [0.15, 0.2) is 37.1 Å². The van der Waals surface area contributed by atoms with Gasteiger partial charge in [-0.2, -0.15) is 0 Å². The van der Waals surface area contributed by atoms with E-state index in [1.54, 1.807) is 0 Å². The smallest absolute Gasteiger partial charge is 0.309 e. The molecule has 10 rings (SSSR count). The molecule has 1 spiro atoms. The zero-order chi connectivity index (χ0) is 59.3. The summed E-state index contributed by atoms with van der Waals surface area (Å²) >= 11 is 0. The van der Waals surface area contributed by atoms with Crippen molar-refractivity contribution < 1.29 is 128 Å². The van der Waals surface area contributed by atoms with Crippen LogP contribution in [-0.2, 0) is 61.7 Å². The van der Waals surface area contributed by atoms with Gasteiger partial charge in [-0.25, -0.2) is 0 Å². The third-order valence-corrected chi connectivity index (χ3v) is 20.8. The van der Waals surface area contributed by atoms with Gasteiger partial charge in [0.25, 0.3) is 0 Å². The Morgan fingerprint density at radius 2 is 1.38 bits per heavy atom. The highest BCUT2D eigenvalue weighted by molar-refractivity contribution is 5.74. The highest BCUT2D eigenvalue weighted by Gasteiger charge is 2.70. The number of aliphatic hydroxyl groups excluding tert-OH is 11. The predicted octanol–water partition coefficient (Wildman–Crippen LogP) is -2.04. The summed E-state index contributed by atoms with van der Waals surface area (Å²) in [7, 11) is 0. The number of rotatable bonds is 16. The Labute approximate surface area is 475 Å². The number of allylic oxidation sites excluding steroid dienone is 1. The molecule has 0 aromatic carbocycles. The molecule has 13 N–H and O–H groups in total. The van der Waals surface area contributed by atoms with E-state index in [0.717, 1.165) is 39.0 Å². The minimum atomic E-state index is -1.98. The maximum absolute atomic E-state index is 12.6. The fourth-order valence-electron chi connectivity index (χ4n) is 16.3. The number of esters is 1. The minimum Gasteiger partial charge on any atom is -0.481 e. The number of ether oxygens (including phenoxy) is 11. The SMILES string of the molecule is C[C@@H]1O[C@@H](O[C@H]2[C@H](O[C@H]3CC[C@@]4(C)C(=CCC5C6C[C@@H]7O[C@]8(CC[C@](C)(CO[C@@H]9O[C@H](CO)[C@@H](O)[C@H](O)[C@H]9O)O8)[C@@H](C)C7[C@@]6(C)CCC54)C3)O[C@H](CO)[C@@H](O[C@@H]3OC[C@@H](OC(=O)CC(C)(O)CC(=O)O)[C@H](O)[C@H]3O)[C@@H]2O)[C@H](O)[C@H](O)[C@H]1O. The second kappa shape index (κ2) is 23.7. The van der Waals surface area contributed by atoms with Crippen molar-refractivity contribution in [3.8, 4) is 0 Å². The first kappa shape index (κ1) is 62.8. The molecule has 0 aromatic heterocycles. The third-order valence-electron chi connectivity index (χ3n) is 20.8. The van der Waals surface area contributed by atoms with Crippen molar-refractivity contribution in [2.24, 2.45) is 40.4 Å². The Hall–Kier alpha value is -2.20. The van der Waals surface area contributed by atoms with E-state index in [1.165, 1.54) is 12.5 Å². The molecule has 0 radical (unpaired) electrons. The van der Waals surface area contributed by atoms with E-state index in [4.69, 9.17) is 57.2 Å². The van der Waals surface area contributed by atoms with Crippen molar-refractivity contribution in [1.29, 1.82) is 0 Å². The van der Waals surface area contributed by atoms with Crippen molar-refractivity contribution in [3.63, 3.8) is 0 Å². The zero-order valence-corrected chi connectivity index (χ0v) is 47.3. The van der Waals surface area contributed by atoms with E-state index in [2.05, 4.69) is 26.8 Å². The molecule has 9 fully saturated rings. The van der Waals surface area contributed by atoms with Gasteiger partial charge < -0.3 is 118 Å². The summed E-state index contributed by atoms with van der Waals surface area (Å²) in [6.45, 7) is 9.67. The molecule has 0 amide bonds. The number of hydrogen-bond donors (Lipinski definition) is 13. The maximum Gasteiger partial charge on any atom is 0.309 e. The van der Waals surface area contributed by atoms with Crippen LogP contribution < -0.4 is 0 Å². The van der Waals surface area contributed by atoms with Gasteiger partial charge in [-0.3, -0.25) is 9.59 Å². The first-order valence-electron chi connectivity index (χ1n) is 29.3. The number of fused-ring (bicyclic) bond motifs is 7. The zero-order valence-electron chi connectivity index (χ0n) is 47.3.